The van der Waals surface area contributed by atoms with Gasteiger partial charge < -0.3 is 24.6 Å². The quantitative estimate of drug-likeness (QED) is 0.834. The number of alkyl carbamates (subject to hydrolysis) is 1. The first kappa shape index (κ1) is 18.6. The molecule has 0 aliphatic carbocycles. The van der Waals surface area contributed by atoms with Crippen molar-refractivity contribution >= 4 is 12.1 Å². The summed E-state index contributed by atoms with van der Waals surface area (Å²) in [6, 6.07) is 4.82. The van der Waals surface area contributed by atoms with Crippen molar-refractivity contribution in [3.63, 3.8) is 0 Å². The van der Waals surface area contributed by atoms with E-state index in [1.54, 1.807) is 39.0 Å². The molecule has 1 aromatic rings. The Kier molecular flexibility index (Phi) is 6.24. The number of ether oxygens (including phenoxy) is 3. The lowest BCUT2D eigenvalue weighted by Gasteiger charge is -2.21. The fourth-order valence-corrected chi connectivity index (χ4v) is 1.92. The molecular formula is C16H23NO6. The van der Waals surface area contributed by atoms with Crippen LogP contribution in [0, 0.1) is 0 Å². The van der Waals surface area contributed by atoms with Crippen LogP contribution in [0.4, 0.5) is 4.79 Å². The Morgan fingerprint density at radius 2 is 1.78 bits per heavy atom. The predicted octanol–water partition coefficient (Wildman–Crippen LogP) is 2.40. The highest BCUT2D eigenvalue weighted by Crippen LogP contribution is 2.30. The summed E-state index contributed by atoms with van der Waals surface area (Å²) in [6.07, 6.45) is -0.663. The van der Waals surface area contributed by atoms with Crippen LogP contribution in [0.15, 0.2) is 18.2 Å². The van der Waals surface area contributed by atoms with Gasteiger partial charge in [-0.05, 0) is 38.5 Å². The SMILES string of the molecule is COc1ccc([C@H](CNC(=O)OC(C)(C)C)C(=O)O)cc1OC. The number of carboxylic acid groups (broad SMARTS) is 1. The number of carboxylic acids is 1. The number of aliphatic carboxylic acids is 1. The molecule has 0 fully saturated rings. The molecule has 7 heteroatoms. The van der Waals surface area contributed by atoms with Crippen LogP contribution < -0.4 is 14.8 Å². The van der Waals surface area contributed by atoms with Gasteiger partial charge in [0.2, 0.25) is 0 Å². The van der Waals surface area contributed by atoms with Crippen molar-refractivity contribution in [1.29, 1.82) is 0 Å². The van der Waals surface area contributed by atoms with Crippen molar-refractivity contribution in [3.8, 4) is 11.5 Å². The largest absolute Gasteiger partial charge is 0.493 e. The number of hydrogen-bond acceptors (Lipinski definition) is 5. The summed E-state index contributed by atoms with van der Waals surface area (Å²) < 4.78 is 15.4. The van der Waals surface area contributed by atoms with E-state index in [0.717, 1.165) is 0 Å². The zero-order chi connectivity index (χ0) is 17.6. The van der Waals surface area contributed by atoms with Crippen molar-refractivity contribution in [3.05, 3.63) is 23.8 Å². The van der Waals surface area contributed by atoms with Crippen molar-refractivity contribution in [2.24, 2.45) is 0 Å². The highest BCUT2D eigenvalue weighted by atomic mass is 16.6. The van der Waals surface area contributed by atoms with Crippen LogP contribution in [-0.4, -0.2) is 43.5 Å². The maximum atomic E-state index is 11.7. The molecule has 23 heavy (non-hydrogen) atoms. The van der Waals surface area contributed by atoms with Gasteiger partial charge in [0.05, 0.1) is 20.1 Å². The summed E-state index contributed by atoms with van der Waals surface area (Å²) in [7, 11) is 2.96. The Morgan fingerprint density at radius 1 is 1.17 bits per heavy atom. The van der Waals surface area contributed by atoms with Gasteiger partial charge in [-0.15, -0.1) is 0 Å². The van der Waals surface area contributed by atoms with Gasteiger partial charge in [-0.3, -0.25) is 4.79 Å². The van der Waals surface area contributed by atoms with Gasteiger partial charge in [0, 0.05) is 6.54 Å². The zero-order valence-corrected chi connectivity index (χ0v) is 14.0. The summed E-state index contributed by atoms with van der Waals surface area (Å²) in [6.45, 7) is 5.10. The summed E-state index contributed by atoms with van der Waals surface area (Å²) in [5, 5.41) is 11.9. The first-order chi connectivity index (χ1) is 10.7. The van der Waals surface area contributed by atoms with Gasteiger partial charge in [-0.2, -0.15) is 0 Å². The van der Waals surface area contributed by atoms with E-state index >= 15 is 0 Å². The first-order valence-corrected chi connectivity index (χ1v) is 7.09. The highest BCUT2D eigenvalue weighted by Gasteiger charge is 2.24. The Balaban J connectivity index is 2.87. The minimum atomic E-state index is -1.06. The molecule has 2 N–H and O–H groups in total. The molecule has 0 heterocycles. The molecule has 0 spiro atoms. The number of carbonyl (C=O) groups excluding carboxylic acids is 1. The standard InChI is InChI=1S/C16H23NO6/c1-16(2,3)23-15(20)17-9-11(14(18)19)10-6-7-12(21-4)13(8-10)22-5/h6-8,11H,9H2,1-5H3,(H,17,20)(H,18,19)/t11-/m0/s1. The molecule has 0 bridgehead atoms. The average Bonchev–Trinajstić information content (AvgIpc) is 2.44. The van der Waals surface area contributed by atoms with E-state index in [9.17, 15) is 14.7 Å². The van der Waals surface area contributed by atoms with Crippen molar-refractivity contribution in [2.45, 2.75) is 32.3 Å². The molecule has 0 aliphatic rings. The van der Waals surface area contributed by atoms with E-state index in [4.69, 9.17) is 14.2 Å². The number of benzene rings is 1. The van der Waals surface area contributed by atoms with E-state index in [-0.39, 0.29) is 6.54 Å². The molecule has 0 saturated carbocycles. The Bertz CT molecular complexity index is 564. The van der Waals surface area contributed by atoms with Crippen LogP contribution >= 0.6 is 0 Å². The van der Waals surface area contributed by atoms with Gasteiger partial charge in [-0.25, -0.2) is 4.79 Å². The van der Waals surface area contributed by atoms with Gasteiger partial charge in [0.25, 0.3) is 0 Å². The maximum Gasteiger partial charge on any atom is 0.407 e. The minimum absolute atomic E-state index is 0.0975. The van der Waals surface area contributed by atoms with Crippen molar-refractivity contribution in [1.82, 2.24) is 5.32 Å². The minimum Gasteiger partial charge on any atom is -0.493 e. The second-order valence-electron chi connectivity index (χ2n) is 5.89. The van der Waals surface area contributed by atoms with Gasteiger partial charge >= 0.3 is 12.1 Å². The van der Waals surface area contributed by atoms with E-state index < -0.39 is 23.6 Å². The molecule has 1 aromatic carbocycles. The topological polar surface area (TPSA) is 94.1 Å². The molecule has 0 unspecified atom stereocenters. The second kappa shape index (κ2) is 7.71. The second-order valence-corrected chi connectivity index (χ2v) is 5.89. The maximum absolute atomic E-state index is 11.7. The van der Waals surface area contributed by atoms with Crippen LogP contribution in [-0.2, 0) is 9.53 Å². The lowest BCUT2D eigenvalue weighted by Crippen LogP contribution is -2.36. The number of hydrogen-bond donors (Lipinski definition) is 2. The molecule has 0 aliphatic heterocycles. The molecular weight excluding hydrogens is 302 g/mol. The summed E-state index contributed by atoms with van der Waals surface area (Å²) in [5.41, 5.74) is -0.155. The number of carbonyl (C=O) groups is 2. The van der Waals surface area contributed by atoms with Crippen molar-refractivity contribution < 1.29 is 28.9 Å². The summed E-state index contributed by atoms with van der Waals surface area (Å²) in [5.74, 6) is -1.07. The van der Waals surface area contributed by atoms with Gasteiger partial charge in [0.15, 0.2) is 11.5 Å². The molecule has 7 nitrogen and oxygen atoms in total. The number of amides is 1. The number of nitrogens with one attached hydrogen (secondary N) is 1. The monoisotopic (exact) mass is 325 g/mol. The van der Waals surface area contributed by atoms with E-state index in [1.165, 1.54) is 14.2 Å². The average molecular weight is 325 g/mol. The van der Waals surface area contributed by atoms with E-state index in [0.29, 0.717) is 17.1 Å². The van der Waals surface area contributed by atoms with Gasteiger partial charge in [0.1, 0.15) is 5.60 Å². The normalized spacial score (nSPS) is 12.2. The van der Waals surface area contributed by atoms with Crippen LogP contribution in [0.25, 0.3) is 0 Å². The smallest absolute Gasteiger partial charge is 0.407 e. The van der Waals surface area contributed by atoms with Crippen molar-refractivity contribution in [2.75, 3.05) is 20.8 Å². The fourth-order valence-electron chi connectivity index (χ4n) is 1.92. The highest BCUT2D eigenvalue weighted by molar-refractivity contribution is 5.78. The van der Waals surface area contributed by atoms with E-state index in [1.807, 2.05) is 0 Å². The third-order valence-corrected chi connectivity index (χ3v) is 2.96. The Morgan fingerprint density at radius 3 is 2.26 bits per heavy atom. The number of rotatable bonds is 6. The molecule has 1 rings (SSSR count). The summed E-state index contributed by atoms with van der Waals surface area (Å²) >= 11 is 0. The molecule has 128 valence electrons. The molecule has 0 saturated heterocycles. The molecule has 1 atom stereocenters. The first-order valence-electron chi connectivity index (χ1n) is 7.09. The lowest BCUT2D eigenvalue weighted by molar-refractivity contribution is -0.138. The third kappa shape index (κ3) is 5.69. The van der Waals surface area contributed by atoms with Crippen LogP contribution in [0.1, 0.15) is 32.3 Å². The van der Waals surface area contributed by atoms with Crippen LogP contribution in [0.5, 0.6) is 11.5 Å². The van der Waals surface area contributed by atoms with Crippen LogP contribution in [0.3, 0.4) is 0 Å². The molecule has 1 amide bonds. The van der Waals surface area contributed by atoms with Crippen LogP contribution in [0.2, 0.25) is 0 Å². The third-order valence-electron chi connectivity index (χ3n) is 2.96. The fraction of sp³-hybridized carbons (Fsp3) is 0.500. The van der Waals surface area contributed by atoms with Gasteiger partial charge in [-0.1, -0.05) is 6.07 Å². The zero-order valence-electron chi connectivity index (χ0n) is 14.0. The lowest BCUT2D eigenvalue weighted by atomic mass is 9.98. The summed E-state index contributed by atoms with van der Waals surface area (Å²) in [4.78, 5) is 23.2. The Hall–Kier alpha value is -2.44. The Labute approximate surface area is 135 Å². The molecule has 0 radical (unpaired) electrons. The number of methoxy groups -OCH3 is 2. The van der Waals surface area contributed by atoms with E-state index in [2.05, 4.69) is 5.32 Å². The molecule has 0 aromatic heterocycles. The predicted molar refractivity (Wildman–Crippen MR) is 84.2 cm³/mol.